The molecule has 0 aliphatic rings. The van der Waals surface area contributed by atoms with Crippen LogP contribution in [0.25, 0.3) is 0 Å². The summed E-state index contributed by atoms with van der Waals surface area (Å²) in [5.74, 6) is 0. The van der Waals surface area contributed by atoms with Gasteiger partial charge >= 0.3 is 0 Å². The topological polar surface area (TPSA) is 35.2 Å². The number of nitrogens with two attached hydrogens (primary N) is 1. The van der Waals surface area contributed by atoms with Gasteiger partial charge in [-0.3, -0.25) is 0 Å². The van der Waals surface area contributed by atoms with Crippen molar-refractivity contribution < 1.29 is 4.74 Å². The van der Waals surface area contributed by atoms with E-state index in [1.807, 2.05) is 0 Å². The standard InChI is InChI=1S/C17H37NO/c1-2-3-4-5-6-7-8-9-10-11-12-13-16-19-17-14-15-18/h2-18H2,1H3. The third-order valence-corrected chi connectivity index (χ3v) is 3.64. The molecule has 0 aromatic carbocycles. The van der Waals surface area contributed by atoms with Crippen molar-refractivity contribution >= 4 is 0 Å². The molecule has 0 spiro atoms. The van der Waals surface area contributed by atoms with E-state index in [-0.39, 0.29) is 0 Å². The van der Waals surface area contributed by atoms with Crippen LogP contribution >= 0.6 is 0 Å². The largest absolute Gasteiger partial charge is 0.381 e. The van der Waals surface area contributed by atoms with Crippen LogP contribution in [0, 0.1) is 0 Å². The smallest absolute Gasteiger partial charge is 0.0478 e. The van der Waals surface area contributed by atoms with Gasteiger partial charge in [-0.05, 0) is 19.4 Å². The first kappa shape index (κ1) is 18.9. The Hall–Kier alpha value is -0.0800. The normalized spacial score (nSPS) is 11.1. The molecule has 0 radical (unpaired) electrons. The average molecular weight is 271 g/mol. The molecule has 0 atom stereocenters. The van der Waals surface area contributed by atoms with Crippen molar-refractivity contribution in [1.82, 2.24) is 0 Å². The summed E-state index contributed by atoms with van der Waals surface area (Å²) in [5, 5.41) is 0. The van der Waals surface area contributed by atoms with Crippen molar-refractivity contribution in [3.63, 3.8) is 0 Å². The molecule has 0 unspecified atom stereocenters. The van der Waals surface area contributed by atoms with Crippen LogP contribution in [0.3, 0.4) is 0 Å². The maximum Gasteiger partial charge on any atom is 0.0478 e. The van der Waals surface area contributed by atoms with Gasteiger partial charge in [-0.1, -0.05) is 77.6 Å². The van der Waals surface area contributed by atoms with Gasteiger partial charge in [-0.15, -0.1) is 0 Å². The molecule has 2 N–H and O–H groups in total. The molecule has 0 bridgehead atoms. The van der Waals surface area contributed by atoms with E-state index >= 15 is 0 Å². The van der Waals surface area contributed by atoms with E-state index < -0.39 is 0 Å². The van der Waals surface area contributed by atoms with Crippen molar-refractivity contribution in [3.05, 3.63) is 0 Å². The molecule has 0 amide bonds. The highest BCUT2D eigenvalue weighted by molar-refractivity contribution is 4.48. The maximum absolute atomic E-state index is 5.49. The fourth-order valence-corrected chi connectivity index (χ4v) is 2.33. The highest BCUT2D eigenvalue weighted by Gasteiger charge is 1.93. The second-order valence-electron chi connectivity index (χ2n) is 5.64. The highest BCUT2D eigenvalue weighted by atomic mass is 16.5. The average Bonchev–Trinajstić information content (AvgIpc) is 2.43. The first-order chi connectivity index (χ1) is 9.41. The van der Waals surface area contributed by atoms with E-state index in [0.29, 0.717) is 0 Å². The zero-order valence-electron chi connectivity index (χ0n) is 13.3. The van der Waals surface area contributed by atoms with Crippen LogP contribution < -0.4 is 5.73 Å². The lowest BCUT2D eigenvalue weighted by molar-refractivity contribution is 0.129. The minimum absolute atomic E-state index is 0.748. The molecule has 0 aromatic heterocycles. The first-order valence-corrected chi connectivity index (χ1v) is 8.69. The van der Waals surface area contributed by atoms with Crippen LogP contribution in [0.5, 0.6) is 0 Å². The van der Waals surface area contributed by atoms with E-state index in [9.17, 15) is 0 Å². The van der Waals surface area contributed by atoms with Crippen LogP contribution in [0.4, 0.5) is 0 Å². The van der Waals surface area contributed by atoms with Gasteiger partial charge in [-0.2, -0.15) is 0 Å². The first-order valence-electron chi connectivity index (χ1n) is 8.69. The predicted octanol–water partition coefficient (Wildman–Crippen LogP) is 5.05. The minimum atomic E-state index is 0.748. The SMILES string of the molecule is CCCCCCCCCCCCCCOCCCN. The lowest BCUT2D eigenvalue weighted by Crippen LogP contribution is -2.04. The lowest BCUT2D eigenvalue weighted by Gasteiger charge is -2.04. The lowest BCUT2D eigenvalue weighted by atomic mass is 10.1. The molecule has 19 heavy (non-hydrogen) atoms. The molecule has 2 heteroatoms. The number of hydrogen-bond acceptors (Lipinski definition) is 2. The Morgan fingerprint density at radius 1 is 0.579 bits per heavy atom. The molecule has 0 saturated heterocycles. The summed E-state index contributed by atoms with van der Waals surface area (Å²) in [6.07, 6.45) is 17.8. The summed E-state index contributed by atoms with van der Waals surface area (Å²) in [5.41, 5.74) is 5.40. The number of unbranched alkanes of at least 4 members (excludes halogenated alkanes) is 11. The number of rotatable bonds is 16. The van der Waals surface area contributed by atoms with Gasteiger partial charge < -0.3 is 10.5 Å². The summed E-state index contributed by atoms with van der Waals surface area (Å²) < 4.78 is 5.49. The maximum atomic E-state index is 5.49. The van der Waals surface area contributed by atoms with Crippen molar-refractivity contribution in [2.75, 3.05) is 19.8 Å². The molecular formula is C17H37NO. The second kappa shape index (κ2) is 17.9. The number of ether oxygens (including phenoxy) is 1. The van der Waals surface area contributed by atoms with Crippen molar-refractivity contribution in [2.45, 2.75) is 90.4 Å². The van der Waals surface area contributed by atoms with E-state index in [1.165, 1.54) is 77.0 Å². The Balaban J connectivity index is 2.88. The fraction of sp³-hybridized carbons (Fsp3) is 1.00. The zero-order valence-corrected chi connectivity index (χ0v) is 13.3. The summed E-state index contributed by atoms with van der Waals surface area (Å²) in [4.78, 5) is 0. The molecule has 0 rings (SSSR count). The van der Waals surface area contributed by atoms with Crippen LogP contribution in [0.15, 0.2) is 0 Å². The summed E-state index contributed by atoms with van der Waals surface area (Å²) in [6, 6.07) is 0. The Morgan fingerprint density at radius 3 is 1.47 bits per heavy atom. The summed E-state index contributed by atoms with van der Waals surface area (Å²) >= 11 is 0. The zero-order chi connectivity index (χ0) is 14.0. The molecule has 2 nitrogen and oxygen atoms in total. The van der Waals surface area contributed by atoms with Gasteiger partial charge in [0.1, 0.15) is 0 Å². The Bertz CT molecular complexity index is 134. The molecule has 0 aliphatic carbocycles. The van der Waals surface area contributed by atoms with Crippen LogP contribution in [-0.2, 0) is 4.74 Å². The fourth-order valence-electron chi connectivity index (χ4n) is 2.33. The third-order valence-electron chi connectivity index (χ3n) is 3.64. The number of hydrogen-bond donors (Lipinski definition) is 1. The van der Waals surface area contributed by atoms with E-state index in [2.05, 4.69) is 6.92 Å². The predicted molar refractivity (Wildman–Crippen MR) is 85.6 cm³/mol. The van der Waals surface area contributed by atoms with Crippen LogP contribution in [0.1, 0.15) is 90.4 Å². The second-order valence-corrected chi connectivity index (χ2v) is 5.64. The third kappa shape index (κ3) is 17.9. The Morgan fingerprint density at radius 2 is 1.00 bits per heavy atom. The van der Waals surface area contributed by atoms with Gasteiger partial charge in [0.05, 0.1) is 0 Å². The van der Waals surface area contributed by atoms with Crippen LogP contribution in [-0.4, -0.2) is 19.8 Å². The molecule has 0 heterocycles. The molecule has 0 saturated carbocycles. The van der Waals surface area contributed by atoms with Gasteiger partial charge in [-0.25, -0.2) is 0 Å². The summed E-state index contributed by atoms with van der Waals surface area (Å²) in [6.45, 7) is 4.80. The van der Waals surface area contributed by atoms with Gasteiger partial charge in [0.25, 0.3) is 0 Å². The van der Waals surface area contributed by atoms with Gasteiger partial charge in [0, 0.05) is 13.2 Å². The Kier molecular flexibility index (Phi) is 17.8. The molecule has 0 fully saturated rings. The molecule has 116 valence electrons. The summed E-state index contributed by atoms with van der Waals surface area (Å²) in [7, 11) is 0. The van der Waals surface area contributed by atoms with Crippen LogP contribution in [0.2, 0.25) is 0 Å². The van der Waals surface area contributed by atoms with Crippen molar-refractivity contribution in [3.8, 4) is 0 Å². The van der Waals surface area contributed by atoms with E-state index in [0.717, 1.165) is 26.2 Å². The van der Waals surface area contributed by atoms with E-state index in [4.69, 9.17) is 10.5 Å². The molecule has 0 aliphatic heterocycles. The molecule has 0 aromatic rings. The monoisotopic (exact) mass is 271 g/mol. The van der Waals surface area contributed by atoms with Crippen molar-refractivity contribution in [2.24, 2.45) is 5.73 Å². The Labute approximate surface area is 121 Å². The van der Waals surface area contributed by atoms with Gasteiger partial charge in [0.15, 0.2) is 0 Å². The highest BCUT2D eigenvalue weighted by Crippen LogP contribution is 2.11. The van der Waals surface area contributed by atoms with E-state index in [1.54, 1.807) is 0 Å². The quantitative estimate of drug-likeness (QED) is 0.399. The van der Waals surface area contributed by atoms with Crippen molar-refractivity contribution in [1.29, 1.82) is 0 Å². The van der Waals surface area contributed by atoms with Gasteiger partial charge in [0.2, 0.25) is 0 Å². The minimum Gasteiger partial charge on any atom is -0.381 e. The molecular weight excluding hydrogens is 234 g/mol.